The molecule has 0 N–H and O–H groups in total. The molecule has 19 heavy (non-hydrogen) atoms. The van der Waals surface area contributed by atoms with E-state index >= 15 is 0 Å². The van der Waals surface area contributed by atoms with Gasteiger partial charge in [-0.2, -0.15) is 0 Å². The second-order valence-corrected chi connectivity index (χ2v) is 4.22. The molecule has 100 valence electrons. The maximum atomic E-state index is 14.0. The first-order chi connectivity index (χ1) is 9.06. The smallest absolute Gasteiger partial charge is 0.149 e. The lowest BCUT2D eigenvalue weighted by atomic mass is 10.0. The number of hydrogen-bond acceptors (Lipinski definition) is 2. The van der Waals surface area contributed by atoms with Gasteiger partial charge in [-0.1, -0.05) is 11.6 Å². The van der Waals surface area contributed by atoms with Crippen molar-refractivity contribution in [2.75, 3.05) is 14.2 Å². The zero-order valence-corrected chi connectivity index (χ0v) is 11.1. The second-order valence-electron chi connectivity index (χ2n) is 3.82. The van der Waals surface area contributed by atoms with Crippen LogP contribution in [0, 0.1) is 11.6 Å². The minimum atomic E-state index is -0.699. The minimum Gasteiger partial charge on any atom is -0.497 e. The third-order valence-corrected chi connectivity index (χ3v) is 2.98. The fourth-order valence-electron chi connectivity index (χ4n) is 1.72. The predicted molar refractivity (Wildman–Crippen MR) is 69.9 cm³/mol. The van der Waals surface area contributed by atoms with Crippen LogP contribution in [-0.2, 0) is 0 Å². The maximum absolute atomic E-state index is 14.0. The highest BCUT2D eigenvalue weighted by Gasteiger charge is 2.16. The van der Waals surface area contributed by atoms with E-state index in [0.29, 0.717) is 11.5 Å². The highest BCUT2D eigenvalue weighted by atomic mass is 35.5. The van der Waals surface area contributed by atoms with Gasteiger partial charge in [0.05, 0.1) is 19.2 Å². The Morgan fingerprint density at radius 3 is 2.16 bits per heavy atom. The molecular formula is C14H11ClF2O2. The standard InChI is InChI=1S/C14H11ClF2O2/c1-18-8-3-4-13(16)10(5-8)11-6-9(19-2)7-12(15)14(11)17/h3-7H,1-2H3. The van der Waals surface area contributed by atoms with Gasteiger partial charge in [0, 0.05) is 17.2 Å². The molecule has 0 aromatic heterocycles. The molecule has 0 amide bonds. The molecule has 0 radical (unpaired) electrons. The van der Waals surface area contributed by atoms with Crippen LogP contribution >= 0.6 is 11.6 Å². The topological polar surface area (TPSA) is 18.5 Å². The zero-order valence-electron chi connectivity index (χ0n) is 10.3. The van der Waals surface area contributed by atoms with Gasteiger partial charge in [0.25, 0.3) is 0 Å². The fourth-order valence-corrected chi connectivity index (χ4v) is 1.93. The molecule has 0 spiro atoms. The molecule has 2 rings (SSSR count). The van der Waals surface area contributed by atoms with Gasteiger partial charge < -0.3 is 9.47 Å². The van der Waals surface area contributed by atoms with Crippen molar-refractivity contribution >= 4 is 11.6 Å². The summed E-state index contributed by atoms with van der Waals surface area (Å²) in [4.78, 5) is 0. The van der Waals surface area contributed by atoms with E-state index in [9.17, 15) is 8.78 Å². The molecule has 0 saturated carbocycles. The Hall–Kier alpha value is -1.81. The van der Waals surface area contributed by atoms with Gasteiger partial charge in [-0.25, -0.2) is 8.78 Å². The van der Waals surface area contributed by atoms with Gasteiger partial charge in [0.1, 0.15) is 23.1 Å². The van der Waals surface area contributed by atoms with Gasteiger partial charge in [0.15, 0.2) is 0 Å². The van der Waals surface area contributed by atoms with Crippen LogP contribution in [0.25, 0.3) is 11.1 Å². The van der Waals surface area contributed by atoms with Crippen molar-refractivity contribution in [3.05, 3.63) is 47.0 Å². The normalized spacial score (nSPS) is 10.4. The van der Waals surface area contributed by atoms with Gasteiger partial charge in [0.2, 0.25) is 0 Å². The molecule has 2 nitrogen and oxygen atoms in total. The van der Waals surface area contributed by atoms with Crippen LogP contribution in [0.15, 0.2) is 30.3 Å². The first-order valence-electron chi connectivity index (χ1n) is 5.43. The van der Waals surface area contributed by atoms with Crippen molar-refractivity contribution in [3.63, 3.8) is 0 Å². The summed E-state index contributed by atoms with van der Waals surface area (Å²) in [5.41, 5.74) is 0.0957. The SMILES string of the molecule is COc1ccc(F)c(-c2cc(OC)cc(Cl)c2F)c1. The van der Waals surface area contributed by atoms with Crippen molar-refractivity contribution in [1.82, 2.24) is 0 Å². The predicted octanol–water partition coefficient (Wildman–Crippen LogP) is 4.30. The molecule has 0 heterocycles. The van der Waals surface area contributed by atoms with Gasteiger partial charge in [-0.05, 0) is 24.3 Å². The molecule has 0 unspecified atom stereocenters. The van der Waals surface area contributed by atoms with Crippen molar-refractivity contribution in [2.24, 2.45) is 0 Å². The monoisotopic (exact) mass is 284 g/mol. The second kappa shape index (κ2) is 5.45. The van der Waals surface area contributed by atoms with E-state index in [1.807, 2.05) is 0 Å². The molecule has 0 fully saturated rings. The summed E-state index contributed by atoms with van der Waals surface area (Å²) in [5, 5.41) is -0.128. The molecule has 2 aromatic rings. The molecule has 0 aliphatic carbocycles. The number of hydrogen-bond donors (Lipinski definition) is 0. The Bertz CT molecular complexity index is 615. The van der Waals surface area contributed by atoms with E-state index in [1.54, 1.807) is 0 Å². The molecule has 0 saturated heterocycles. The van der Waals surface area contributed by atoms with Crippen molar-refractivity contribution in [2.45, 2.75) is 0 Å². The molecule has 5 heteroatoms. The summed E-state index contributed by atoms with van der Waals surface area (Å²) in [5.74, 6) is -0.489. The van der Waals surface area contributed by atoms with Crippen LogP contribution in [0.2, 0.25) is 5.02 Å². The number of benzene rings is 2. The number of ether oxygens (including phenoxy) is 2. The Labute approximate surface area is 114 Å². The first kappa shape index (κ1) is 13.6. The van der Waals surface area contributed by atoms with Gasteiger partial charge in [-0.3, -0.25) is 0 Å². The third kappa shape index (κ3) is 2.63. The number of halogens is 3. The van der Waals surface area contributed by atoms with Crippen molar-refractivity contribution in [1.29, 1.82) is 0 Å². The summed E-state index contributed by atoms with van der Waals surface area (Å²) < 4.78 is 37.9. The van der Waals surface area contributed by atoms with Gasteiger partial charge >= 0.3 is 0 Å². The van der Waals surface area contributed by atoms with Crippen LogP contribution in [0.5, 0.6) is 11.5 Å². The average Bonchev–Trinajstić information content (AvgIpc) is 2.42. The van der Waals surface area contributed by atoms with Crippen molar-refractivity contribution in [3.8, 4) is 22.6 Å². The van der Waals surface area contributed by atoms with Crippen molar-refractivity contribution < 1.29 is 18.3 Å². The van der Waals surface area contributed by atoms with E-state index in [4.69, 9.17) is 21.1 Å². The highest BCUT2D eigenvalue weighted by molar-refractivity contribution is 6.31. The van der Waals surface area contributed by atoms with E-state index in [-0.39, 0.29) is 16.1 Å². The van der Waals surface area contributed by atoms with E-state index < -0.39 is 11.6 Å². The summed E-state index contributed by atoms with van der Waals surface area (Å²) in [6, 6.07) is 6.79. The third-order valence-electron chi connectivity index (χ3n) is 2.70. The number of rotatable bonds is 3. The minimum absolute atomic E-state index is 0.0285. The summed E-state index contributed by atoms with van der Waals surface area (Å²) in [6.45, 7) is 0. The summed E-state index contributed by atoms with van der Waals surface area (Å²) in [7, 11) is 2.88. The summed E-state index contributed by atoms with van der Waals surface area (Å²) in [6.07, 6.45) is 0. The van der Waals surface area contributed by atoms with E-state index in [2.05, 4.69) is 0 Å². The molecular weight excluding hydrogens is 274 g/mol. The summed E-state index contributed by atoms with van der Waals surface area (Å²) >= 11 is 5.76. The van der Waals surface area contributed by atoms with Crippen LogP contribution in [0.4, 0.5) is 8.78 Å². The van der Waals surface area contributed by atoms with Crippen LogP contribution in [0.3, 0.4) is 0 Å². The van der Waals surface area contributed by atoms with Gasteiger partial charge in [-0.15, -0.1) is 0 Å². The Kier molecular flexibility index (Phi) is 3.90. The molecule has 0 aliphatic heterocycles. The average molecular weight is 285 g/mol. The lowest BCUT2D eigenvalue weighted by Gasteiger charge is -2.10. The Morgan fingerprint density at radius 1 is 0.895 bits per heavy atom. The van der Waals surface area contributed by atoms with Crippen LogP contribution in [0.1, 0.15) is 0 Å². The van der Waals surface area contributed by atoms with Crippen LogP contribution < -0.4 is 9.47 Å². The molecule has 0 aliphatic rings. The lowest BCUT2D eigenvalue weighted by Crippen LogP contribution is -1.93. The first-order valence-corrected chi connectivity index (χ1v) is 5.81. The van der Waals surface area contributed by atoms with Crippen LogP contribution in [-0.4, -0.2) is 14.2 Å². The Morgan fingerprint density at radius 2 is 1.53 bits per heavy atom. The van der Waals surface area contributed by atoms with E-state index in [1.165, 1.54) is 44.6 Å². The zero-order chi connectivity index (χ0) is 14.0. The quantitative estimate of drug-likeness (QED) is 0.836. The lowest BCUT2D eigenvalue weighted by molar-refractivity contribution is 0.413. The number of methoxy groups -OCH3 is 2. The fraction of sp³-hybridized carbons (Fsp3) is 0.143. The Balaban J connectivity index is 2.67. The maximum Gasteiger partial charge on any atom is 0.149 e. The highest BCUT2D eigenvalue weighted by Crippen LogP contribution is 2.35. The molecule has 0 atom stereocenters. The largest absolute Gasteiger partial charge is 0.497 e. The van der Waals surface area contributed by atoms with E-state index in [0.717, 1.165) is 0 Å². The molecule has 2 aromatic carbocycles. The molecule has 0 bridgehead atoms.